The lowest BCUT2D eigenvalue weighted by atomic mass is 10.1. The lowest BCUT2D eigenvalue weighted by Gasteiger charge is -2.10. The number of fused-ring (bicyclic) bond motifs is 1. The number of thiocarbonyl (C=S) groups is 1. The number of nitrogens with zero attached hydrogens (tertiary/aromatic N) is 3. The molecule has 2 aromatic heterocycles. The van der Waals surface area contributed by atoms with Gasteiger partial charge in [0.25, 0.3) is 0 Å². The Kier molecular flexibility index (Phi) is 2.63. The molecule has 4 nitrogen and oxygen atoms in total. The predicted molar refractivity (Wildman–Crippen MR) is 81.2 cm³/mol. The molecule has 0 spiro atoms. The Hall–Kier alpha value is -1.75. The summed E-state index contributed by atoms with van der Waals surface area (Å²) in [6.45, 7) is 0. The van der Waals surface area contributed by atoms with E-state index in [2.05, 4.69) is 17.2 Å². The van der Waals surface area contributed by atoms with E-state index in [0.717, 1.165) is 36.3 Å². The summed E-state index contributed by atoms with van der Waals surface area (Å²) in [5.74, 6) is 1.42. The lowest BCUT2D eigenvalue weighted by Crippen LogP contribution is -2.16. The average Bonchev–Trinajstić information content (AvgIpc) is 3.01. The van der Waals surface area contributed by atoms with Crippen LogP contribution in [0.15, 0.2) is 18.3 Å². The Bertz CT molecular complexity index is 700. The highest BCUT2D eigenvalue weighted by molar-refractivity contribution is 7.80. The fraction of sp³-hybridized carbons (Fsp3) is 0.400. The second-order valence-corrected chi connectivity index (χ2v) is 6.08. The van der Waals surface area contributed by atoms with Gasteiger partial charge in [-0.15, -0.1) is 0 Å². The zero-order valence-electron chi connectivity index (χ0n) is 11.2. The van der Waals surface area contributed by atoms with Crippen LogP contribution in [0.25, 0.3) is 5.82 Å². The van der Waals surface area contributed by atoms with Crippen molar-refractivity contribution in [3.8, 4) is 5.82 Å². The molecule has 2 heterocycles. The van der Waals surface area contributed by atoms with Gasteiger partial charge in [-0.25, -0.2) is 9.67 Å². The van der Waals surface area contributed by atoms with Gasteiger partial charge in [-0.3, -0.25) is 0 Å². The monoisotopic (exact) mass is 284 g/mol. The van der Waals surface area contributed by atoms with Crippen molar-refractivity contribution in [1.29, 1.82) is 0 Å². The van der Waals surface area contributed by atoms with Gasteiger partial charge in [0.1, 0.15) is 4.99 Å². The molecule has 2 aliphatic rings. The Morgan fingerprint density at radius 1 is 1.35 bits per heavy atom. The van der Waals surface area contributed by atoms with Crippen LogP contribution in [0, 0.1) is 0 Å². The second-order valence-electron chi connectivity index (χ2n) is 5.64. The maximum absolute atomic E-state index is 5.88. The number of rotatable bonds is 3. The van der Waals surface area contributed by atoms with Crippen molar-refractivity contribution in [3.63, 3.8) is 0 Å². The van der Waals surface area contributed by atoms with Gasteiger partial charge >= 0.3 is 0 Å². The number of hydrogen-bond donors (Lipinski definition) is 1. The third-order valence-corrected chi connectivity index (χ3v) is 4.34. The highest BCUT2D eigenvalue weighted by Crippen LogP contribution is 2.39. The molecule has 0 atom stereocenters. The molecule has 102 valence electrons. The minimum absolute atomic E-state index is 0.394. The molecule has 0 unspecified atom stereocenters. The van der Waals surface area contributed by atoms with Crippen LogP contribution in [0.5, 0.6) is 0 Å². The first-order valence-electron chi connectivity index (χ1n) is 7.11. The molecular weight excluding hydrogens is 268 g/mol. The van der Waals surface area contributed by atoms with E-state index in [1.165, 1.54) is 24.1 Å². The standard InChI is InChI=1S/C15H16N4S/c16-14(20)11-8-10-2-1-3-12(10)17-15(11)19-7-6-13(18-19)9-4-5-9/h6-9H,1-5H2,(H2,16,20). The molecule has 5 heteroatoms. The van der Waals surface area contributed by atoms with E-state index >= 15 is 0 Å². The normalized spacial score (nSPS) is 17.2. The molecule has 0 aromatic carbocycles. The first-order chi connectivity index (χ1) is 9.72. The molecule has 2 aromatic rings. The molecule has 1 fully saturated rings. The van der Waals surface area contributed by atoms with Crippen LogP contribution in [0.4, 0.5) is 0 Å². The van der Waals surface area contributed by atoms with Crippen molar-refractivity contribution in [2.45, 2.75) is 38.0 Å². The van der Waals surface area contributed by atoms with Gasteiger partial charge in [0.15, 0.2) is 5.82 Å². The largest absolute Gasteiger partial charge is 0.389 e. The van der Waals surface area contributed by atoms with Crippen LogP contribution >= 0.6 is 12.2 Å². The molecule has 4 rings (SSSR count). The van der Waals surface area contributed by atoms with Crippen molar-refractivity contribution >= 4 is 17.2 Å². The highest BCUT2D eigenvalue weighted by atomic mass is 32.1. The zero-order valence-corrected chi connectivity index (χ0v) is 12.0. The molecule has 20 heavy (non-hydrogen) atoms. The minimum atomic E-state index is 0.394. The van der Waals surface area contributed by atoms with Crippen molar-refractivity contribution in [2.24, 2.45) is 5.73 Å². The van der Waals surface area contributed by atoms with Gasteiger partial charge in [-0.1, -0.05) is 12.2 Å². The zero-order chi connectivity index (χ0) is 13.7. The van der Waals surface area contributed by atoms with E-state index < -0.39 is 0 Å². The number of pyridine rings is 1. The van der Waals surface area contributed by atoms with Crippen LogP contribution in [-0.2, 0) is 12.8 Å². The molecule has 0 radical (unpaired) electrons. The van der Waals surface area contributed by atoms with Crippen molar-refractivity contribution < 1.29 is 0 Å². The van der Waals surface area contributed by atoms with Crippen LogP contribution in [0.2, 0.25) is 0 Å². The summed E-state index contributed by atoms with van der Waals surface area (Å²) in [4.78, 5) is 5.16. The summed E-state index contributed by atoms with van der Waals surface area (Å²) in [6.07, 6.45) is 7.74. The summed E-state index contributed by atoms with van der Waals surface area (Å²) in [6, 6.07) is 4.18. The van der Waals surface area contributed by atoms with Gasteiger partial charge in [0, 0.05) is 17.8 Å². The number of aryl methyl sites for hydroxylation is 2. The van der Waals surface area contributed by atoms with Crippen LogP contribution < -0.4 is 5.73 Å². The van der Waals surface area contributed by atoms with Gasteiger partial charge in [-0.05, 0) is 49.8 Å². The molecule has 0 amide bonds. The smallest absolute Gasteiger partial charge is 0.163 e. The molecule has 2 N–H and O–H groups in total. The van der Waals surface area contributed by atoms with Crippen LogP contribution in [0.3, 0.4) is 0 Å². The van der Waals surface area contributed by atoms with E-state index in [1.807, 2.05) is 10.9 Å². The fourth-order valence-corrected chi connectivity index (χ4v) is 3.02. The average molecular weight is 284 g/mol. The first-order valence-corrected chi connectivity index (χ1v) is 7.52. The van der Waals surface area contributed by atoms with E-state index in [9.17, 15) is 0 Å². The Morgan fingerprint density at radius 2 is 2.20 bits per heavy atom. The van der Waals surface area contributed by atoms with Gasteiger partial charge < -0.3 is 5.73 Å². The summed E-state index contributed by atoms with van der Waals surface area (Å²) >= 11 is 5.19. The molecule has 0 bridgehead atoms. The predicted octanol–water partition coefficient (Wildman–Crippen LogP) is 2.27. The fourth-order valence-electron chi connectivity index (χ4n) is 2.87. The molecule has 0 saturated heterocycles. The van der Waals surface area contributed by atoms with E-state index in [0.29, 0.717) is 10.9 Å². The quantitative estimate of drug-likeness (QED) is 0.878. The van der Waals surface area contributed by atoms with E-state index in [-0.39, 0.29) is 0 Å². The highest BCUT2D eigenvalue weighted by Gasteiger charge is 2.26. The summed E-state index contributed by atoms with van der Waals surface area (Å²) < 4.78 is 1.83. The number of nitrogens with two attached hydrogens (primary N) is 1. The number of hydrogen-bond acceptors (Lipinski definition) is 3. The SMILES string of the molecule is NC(=S)c1cc2c(nc1-n1ccc(C3CC3)n1)CCC2. The summed E-state index contributed by atoms with van der Waals surface area (Å²) in [7, 11) is 0. The molecule has 1 saturated carbocycles. The maximum atomic E-state index is 5.88. The third kappa shape index (κ3) is 1.93. The minimum Gasteiger partial charge on any atom is -0.389 e. The Morgan fingerprint density at radius 3 is 2.95 bits per heavy atom. The first kappa shape index (κ1) is 12.0. The number of aromatic nitrogens is 3. The van der Waals surface area contributed by atoms with Gasteiger partial charge in [0.05, 0.1) is 11.3 Å². The Balaban J connectivity index is 1.84. The molecule has 0 aliphatic heterocycles. The third-order valence-electron chi connectivity index (χ3n) is 4.12. The molecular formula is C15H16N4S. The Labute approximate surface area is 123 Å². The van der Waals surface area contributed by atoms with Crippen LogP contribution in [0.1, 0.15) is 47.7 Å². The maximum Gasteiger partial charge on any atom is 0.163 e. The topological polar surface area (TPSA) is 56.7 Å². The van der Waals surface area contributed by atoms with Crippen molar-refractivity contribution in [1.82, 2.24) is 14.8 Å². The lowest BCUT2D eigenvalue weighted by molar-refractivity contribution is 0.801. The second kappa shape index (κ2) is 4.38. The van der Waals surface area contributed by atoms with Gasteiger partial charge in [0.2, 0.25) is 0 Å². The summed E-state index contributed by atoms with van der Waals surface area (Å²) in [5, 5.41) is 4.65. The van der Waals surface area contributed by atoms with E-state index in [1.54, 1.807) is 0 Å². The van der Waals surface area contributed by atoms with E-state index in [4.69, 9.17) is 22.9 Å². The molecule has 2 aliphatic carbocycles. The van der Waals surface area contributed by atoms with Crippen molar-refractivity contribution in [3.05, 3.63) is 40.8 Å². The summed E-state index contributed by atoms with van der Waals surface area (Å²) in [5.41, 5.74) is 10.3. The van der Waals surface area contributed by atoms with Crippen LogP contribution in [-0.4, -0.2) is 19.8 Å². The van der Waals surface area contributed by atoms with Gasteiger partial charge in [-0.2, -0.15) is 5.10 Å². The van der Waals surface area contributed by atoms with Crippen molar-refractivity contribution in [2.75, 3.05) is 0 Å².